The average Bonchev–Trinajstić information content (AvgIpc) is 3.20. The summed E-state index contributed by atoms with van der Waals surface area (Å²) in [6, 6.07) is 15.3. The van der Waals surface area contributed by atoms with Crippen LogP contribution in [0.1, 0.15) is 15.4 Å². The van der Waals surface area contributed by atoms with E-state index in [1.54, 1.807) is 17.4 Å². The van der Waals surface area contributed by atoms with Gasteiger partial charge in [-0.15, -0.1) is 11.3 Å². The topological polar surface area (TPSA) is 55.1 Å². The van der Waals surface area contributed by atoms with Gasteiger partial charge in [0.2, 0.25) is 0 Å². The predicted molar refractivity (Wildman–Crippen MR) is 82.3 cm³/mol. The lowest BCUT2D eigenvalue weighted by atomic mass is 10.1. The molecule has 0 saturated heterocycles. The lowest BCUT2D eigenvalue weighted by Gasteiger charge is -2.00. The van der Waals surface area contributed by atoms with Crippen LogP contribution in [-0.4, -0.2) is 17.6 Å². The number of nitrogens with one attached hydrogen (secondary N) is 1. The molecule has 0 bridgehead atoms. The Morgan fingerprint density at radius 2 is 2.05 bits per heavy atom. The maximum absolute atomic E-state index is 12.0. The van der Waals surface area contributed by atoms with Crippen molar-refractivity contribution in [3.05, 3.63) is 64.5 Å². The van der Waals surface area contributed by atoms with Crippen LogP contribution in [0.4, 0.5) is 0 Å². The number of rotatable bonds is 5. The van der Waals surface area contributed by atoms with Gasteiger partial charge in [-0.2, -0.15) is 0 Å². The maximum Gasteiger partial charge on any atom is 0.273 e. The van der Waals surface area contributed by atoms with E-state index in [1.165, 1.54) is 4.88 Å². The third kappa shape index (κ3) is 3.38. The molecule has 3 rings (SSSR count). The molecule has 106 valence electrons. The van der Waals surface area contributed by atoms with Gasteiger partial charge in [-0.25, -0.2) is 0 Å². The van der Waals surface area contributed by atoms with Gasteiger partial charge in [0.05, 0.1) is 0 Å². The predicted octanol–water partition coefficient (Wildman–Crippen LogP) is 3.38. The summed E-state index contributed by atoms with van der Waals surface area (Å²) < 4.78 is 5.22. The molecule has 0 radical (unpaired) electrons. The second kappa shape index (κ2) is 6.37. The molecule has 3 aromatic rings. The van der Waals surface area contributed by atoms with Crippen LogP contribution < -0.4 is 5.32 Å². The summed E-state index contributed by atoms with van der Waals surface area (Å²) in [7, 11) is 0. The van der Waals surface area contributed by atoms with Gasteiger partial charge < -0.3 is 9.84 Å². The van der Waals surface area contributed by atoms with E-state index in [0.717, 1.165) is 12.0 Å². The smallest absolute Gasteiger partial charge is 0.273 e. The Balaban J connectivity index is 1.59. The quantitative estimate of drug-likeness (QED) is 0.785. The summed E-state index contributed by atoms with van der Waals surface area (Å²) in [5.41, 5.74) is 1.21. The summed E-state index contributed by atoms with van der Waals surface area (Å²) in [5, 5.41) is 8.70. The van der Waals surface area contributed by atoms with Gasteiger partial charge in [0.15, 0.2) is 11.5 Å². The molecular formula is C16H14N2O2S. The number of thiophene rings is 1. The van der Waals surface area contributed by atoms with Crippen LogP contribution >= 0.6 is 11.3 Å². The highest BCUT2D eigenvalue weighted by Crippen LogP contribution is 2.19. The summed E-state index contributed by atoms with van der Waals surface area (Å²) >= 11 is 1.69. The molecule has 1 aromatic carbocycles. The fraction of sp³-hybridized carbons (Fsp3) is 0.125. The molecule has 0 aliphatic heterocycles. The van der Waals surface area contributed by atoms with Crippen molar-refractivity contribution in [2.75, 3.05) is 6.54 Å². The summed E-state index contributed by atoms with van der Waals surface area (Å²) in [4.78, 5) is 13.2. The van der Waals surface area contributed by atoms with E-state index in [9.17, 15) is 4.79 Å². The average molecular weight is 298 g/mol. The Bertz CT molecular complexity index is 705. The molecular weight excluding hydrogens is 284 g/mol. The molecule has 0 atom stereocenters. The minimum Gasteiger partial charge on any atom is -0.355 e. The minimum absolute atomic E-state index is 0.211. The monoisotopic (exact) mass is 298 g/mol. The van der Waals surface area contributed by atoms with Crippen molar-refractivity contribution in [1.29, 1.82) is 0 Å². The SMILES string of the molecule is O=C(NCCc1cccs1)c1cc(-c2ccccc2)on1. The molecule has 4 nitrogen and oxygen atoms in total. The summed E-state index contributed by atoms with van der Waals surface area (Å²) in [6.07, 6.45) is 0.826. The highest BCUT2D eigenvalue weighted by Gasteiger charge is 2.13. The molecule has 0 fully saturated rings. The van der Waals surface area contributed by atoms with Crippen LogP contribution in [0.2, 0.25) is 0 Å². The zero-order valence-electron chi connectivity index (χ0n) is 11.3. The second-order valence-corrected chi connectivity index (χ2v) is 5.56. The number of carbonyl (C=O) groups excluding carboxylic acids is 1. The molecule has 5 heteroatoms. The first-order valence-electron chi connectivity index (χ1n) is 6.65. The number of carbonyl (C=O) groups is 1. The fourth-order valence-corrected chi connectivity index (χ4v) is 2.67. The lowest BCUT2D eigenvalue weighted by molar-refractivity contribution is 0.0945. The zero-order chi connectivity index (χ0) is 14.5. The maximum atomic E-state index is 12.0. The molecule has 0 aliphatic rings. The second-order valence-electron chi connectivity index (χ2n) is 4.53. The van der Waals surface area contributed by atoms with E-state index in [2.05, 4.69) is 16.5 Å². The number of hydrogen-bond donors (Lipinski definition) is 1. The molecule has 2 heterocycles. The van der Waals surface area contributed by atoms with E-state index >= 15 is 0 Å². The standard InChI is InChI=1S/C16H14N2O2S/c19-16(17-9-8-13-7-4-10-21-13)14-11-15(20-18-14)12-5-2-1-3-6-12/h1-7,10-11H,8-9H2,(H,17,19). The van der Waals surface area contributed by atoms with Crippen molar-refractivity contribution >= 4 is 17.2 Å². The number of aromatic nitrogens is 1. The molecule has 1 N–H and O–H groups in total. The van der Waals surface area contributed by atoms with Crippen LogP contribution in [0.15, 0.2) is 58.4 Å². The summed E-state index contributed by atoms with van der Waals surface area (Å²) in [6.45, 7) is 0.590. The van der Waals surface area contributed by atoms with Crippen LogP contribution in [0.5, 0.6) is 0 Å². The van der Waals surface area contributed by atoms with Crippen molar-refractivity contribution in [2.45, 2.75) is 6.42 Å². The summed E-state index contributed by atoms with van der Waals surface area (Å²) in [5.74, 6) is 0.386. The van der Waals surface area contributed by atoms with Gasteiger partial charge in [0.1, 0.15) is 0 Å². The minimum atomic E-state index is -0.211. The normalized spacial score (nSPS) is 10.5. The van der Waals surface area contributed by atoms with Crippen molar-refractivity contribution in [3.63, 3.8) is 0 Å². The largest absolute Gasteiger partial charge is 0.355 e. The Morgan fingerprint density at radius 3 is 2.81 bits per heavy atom. The van der Waals surface area contributed by atoms with Crippen molar-refractivity contribution in [2.24, 2.45) is 0 Å². The number of hydrogen-bond acceptors (Lipinski definition) is 4. The van der Waals surface area contributed by atoms with Crippen LogP contribution in [-0.2, 0) is 6.42 Å². The van der Waals surface area contributed by atoms with Crippen molar-refractivity contribution in [1.82, 2.24) is 10.5 Å². The number of benzene rings is 1. The van der Waals surface area contributed by atoms with E-state index in [4.69, 9.17) is 4.52 Å². The number of nitrogens with zero attached hydrogens (tertiary/aromatic N) is 1. The van der Waals surface area contributed by atoms with Crippen LogP contribution in [0.25, 0.3) is 11.3 Å². The number of amides is 1. The third-order valence-corrected chi connectivity index (χ3v) is 3.97. The first-order chi connectivity index (χ1) is 10.3. The molecule has 2 aromatic heterocycles. The van der Waals surface area contributed by atoms with E-state index in [1.807, 2.05) is 41.8 Å². The Kier molecular flexibility index (Phi) is 4.12. The van der Waals surface area contributed by atoms with Crippen molar-refractivity contribution in [3.8, 4) is 11.3 Å². The van der Waals surface area contributed by atoms with Crippen LogP contribution in [0, 0.1) is 0 Å². The Morgan fingerprint density at radius 1 is 1.19 bits per heavy atom. The molecule has 0 saturated carbocycles. The first kappa shape index (κ1) is 13.6. The van der Waals surface area contributed by atoms with E-state index in [-0.39, 0.29) is 5.91 Å². The molecule has 0 aliphatic carbocycles. The Hall–Kier alpha value is -2.40. The van der Waals surface area contributed by atoms with Gasteiger partial charge >= 0.3 is 0 Å². The third-order valence-electron chi connectivity index (χ3n) is 3.04. The fourth-order valence-electron chi connectivity index (χ4n) is 1.97. The van der Waals surface area contributed by atoms with Gasteiger partial charge in [0.25, 0.3) is 5.91 Å². The van der Waals surface area contributed by atoms with E-state index in [0.29, 0.717) is 18.0 Å². The van der Waals surface area contributed by atoms with Crippen LogP contribution in [0.3, 0.4) is 0 Å². The van der Waals surface area contributed by atoms with Gasteiger partial charge in [0, 0.05) is 23.1 Å². The van der Waals surface area contributed by atoms with Gasteiger partial charge in [-0.05, 0) is 17.9 Å². The zero-order valence-corrected chi connectivity index (χ0v) is 12.1. The molecule has 0 unspecified atom stereocenters. The molecule has 0 spiro atoms. The highest BCUT2D eigenvalue weighted by molar-refractivity contribution is 7.09. The van der Waals surface area contributed by atoms with E-state index < -0.39 is 0 Å². The van der Waals surface area contributed by atoms with Gasteiger partial charge in [-0.3, -0.25) is 4.79 Å². The van der Waals surface area contributed by atoms with Gasteiger partial charge in [-0.1, -0.05) is 41.6 Å². The van der Waals surface area contributed by atoms with Crippen molar-refractivity contribution < 1.29 is 9.32 Å². The Labute approximate surface area is 126 Å². The highest BCUT2D eigenvalue weighted by atomic mass is 32.1. The molecule has 1 amide bonds. The first-order valence-corrected chi connectivity index (χ1v) is 7.53. The molecule has 21 heavy (non-hydrogen) atoms. The lowest BCUT2D eigenvalue weighted by Crippen LogP contribution is -2.25.